The Morgan fingerprint density at radius 1 is 1.16 bits per heavy atom. The number of hydrogen-bond acceptors (Lipinski definition) is 2. The summed E-state index contributed by atoms with van der Waals surface area (Å²) in [5, 5.41) is 11.6. The van der Waals surface area contributed by atoms with Gasteiger partial charge in [0.1, 0.15) is 17.7 Å². The van der Waals surface area contributed by atoms with Crippen LogP contribution in [0.3, 0.4) is 0 Å². The second kappa shape index (κ2) is 5.81. The highest BCUT2D eigenvalue weighted by atomic mass is 79.9. The first-order valence-corrected chi connectivity index (χ1v) is 6.28. The molecule has 0 atom stereocenters. The van der Waals surface area contributed by atoms with E-state index in [1.54, 1.807) is 30.3 Å². The van der Waals surface area contributed by atoms with Crippen molar-refractivity contribution in [3.05, 3.63) is 63.6 Å². The molecular weight excluding hydrogens is 314 g/mol. The van der Waals surface area contributed by atoms with Crippen molar-refractivity contribution in [1.29, 1.82) is 5.26 Å². The average molecular weight is 323 g/mol. The summed E-state index contributed by atoms with van der Waals surface area (Å²) in [4.78, 5) is 0. The van der Waals surface area contributed by atoms with E-state index in [0.717, 1.165) is 0 Å². The van der Waals surface area contributed by atoms with E-state index < -0.39 is 11.6 Å². The van der Waals surface area contributed by atoms with Gasteiger partial charge in [-0.05, 0) is 34.1 Å². The molecule has 1 N–H and O–H groups in total. The molecule has 2 nitrogen and oxygen atoms in total. The van der Waals surface area contributed by atoms with Gasteiger partial charge < -0.3 is 5.32 Å². The fourth-order valence-electron chi connectivity index (χ4n) is 1.65. The molecule has 0 aliphatic heterocycles. The summed E-state index contributed by atoms with van der Waals surface area (Å²) in [6, 6.07) is 10.9. The van der Waals surface area contributed by atoms with Gasteiger partial charge in [0.15, 0.2) is 0 Å². The Labute approximate surface area is 117 Å². The van der Waals surface area contributed by atoms with Crippen LogP contribution >= 0.6 is 15.9 Å². The van der Waals surface area contributed by atoms with E-state index in [2.05, 4.69) is 21.2 Å². The molecule has 0 radical (unpaired) electrons. The fourth-order valence-corrected chi connectivity index (χ4v) is 2.14. The molecule has 19 heavy (non-hydrogen) atoms. The topological polar surface area (TPSA) is 35.8 Å². The molecule has 2 aromatic carbocycles. The van der Waals surface area contributed by atoms with Crippen LogP contribution in [0, 0.1) is 23.0 Å². The van der Waals surface area contributed by atoms with Crippen LogP contribution < -0.4 is 5.32 Å². The van der Waals surface area contributed by atoms with Gasteiger partial charge in [0.05, 0.1) is 11.3 Å². The average Bonchev–Trinajstić information content (AvgIpc) is 2.40. The maximum atomic E-state index is 13.8. The molecular formula is C14H9BrF2N2. The lowest BCUT2D eigenvalue weighted by atomic mass is 10.1. The maximum absolute atomic E-state index is 13.8. The zero-order valence-corrected chi connectivity index (χ0v) is 11.3. The molecule has 5 heteroatoms. The lowest BCUT2D eigenvalue weighted by Gasteiger charge is -2.10. The minimum Gasteiger partial charge on any atom is -0.378 e. The third kappa shape index (κ3) is 2.91. The first kappa shape index (κ1) is 13.5. The number of nitrogens with zero attached hydrogens (tertiary/aromatic N) is 1. The number of hydrogen-bond donors (Lipinski definition) is 1. The van der Waals surface area contributed by atoms with Crippen molar-refractivity contribution in [2.75, 3.05) is 5.32 Å². The van der Waals surface area contributed by atoms with Crippen LogP contribution in [-0.2, 0) is 6.54 Å². The molecule has 0 unspecified atom stereocenters. The maximum Gasteiger partial charge on any atom is 0.147 e. The SMILES string of the molecule is N#Cc1cccc(CNc2c(F)cccc2Br)c1F. The van der Waals surface area contributed by atoms with E-state index in [1.807, 2.05) is 0 Å². The fraction of sp³-hybridized carbons (Fsp3) is 0.0714. The van der Waals surface area contributed by atoms with Gasteiger partial charge in [-0.1, -0.05) is 18.2 Å². The van der Waals surface area contributed by atoms with Crippen LogP contribution in [0.5, 0.6) is 0 Å². The molecule has 2 aromatic rings. The Morgan fingerprint density at radius 2 is 1.89 bits per heavy atom. The minimum absolute atomic E-state index is 0.0214. The second-order valence-electron chi connectivity index (χ2n) is 3.84. The van der Waals surface area contributed by atoms with Crippen molar-refractivity contribution >= 4 is 21.6 Å². The Kier molecular flexibility index (Phi) is 4.13. The number of halogens is 3. The van der Waals surface area contributed by atoms with Crippen LogP contribution in [0.4, 0.5) is 14.5 Å². The third-order valence-corrected chi connectivity index (χ3v) is 3.28. The Hall–Kier alpha value is -1.93. The third-order valence-electron chi connectivity index (χ3n) is 2.62. The monoisotopic (exact) mass is 322 g/mol. The molecule has 0 spiro atoms. The normalized spacial score (nSPS) is 10.0. The highest BCUT2D eigenvalue weighted by Gasteiger charge is 2.10. The molecule has 2 rings (SSSR count). The lowest BCUT2D eigenvalue weighted by molar-refractivity contribution is 0.607. The van der Waals surface area contributed by atoms with Gasteiger partial charge in [-0.25, -0.2) is 8.78 Å². The quantitative estimate of drug-likeness (QED) is 0.918. The predicted molar refractivity (Wildman–Crippen MR) is 72.5 cm³/mol. The number of para-hydroxylation sites is 1. The summed E-state index contributed by atoms with van der Waals surface area (Å²) in [7, 11) is 0. The van der Waals surface area contributed by atoms with E-state index in [9.17, 15) is 8.78 Å². The van der Waals surface area contributed by atoms with E-state index in [1.165, 1.54) is 12.1 Å². The number of anilines is 1. The number of nitrogens with one attached hydrogen (secondary N) is 1. The van der Waals surface area contributed by atoms with Crippen LogP contribution in [0.2, 0.25) is 0 Å². The molecule has 0 saturated carbocycles. The highest BCUT2D eigenvalue weighted by Crippen LogP contribution is 2.26. The van der Waals surface area contributed by atoms with E-state index >= 15 is 0 Å². The first-order valence-electron chi connectivity index (χ1n) is 5.49. The van der Waals surface area contributed by atoms with Crippen LogP contribution in [0.25, 0.3) is 0 Å². The second-order valence-corrected chi connectivity index (χ2v) is 4.70. The Balaban J connectivity index is 2.22. The van der Waals surface area contributed by atoms with Gasteiger partial charge in [0.25, 0.3) is 0 Å². The Morgan fingerprint density at radius 3 is 2.58 bits per heavy atom. The van der Waals surface area contributed by atoms with Gasteiger partial charge in [0.2, 0.25) is 0 Å². The number of rotatable bonds is 3. The number of benzene rings is 2. The smallest absolute Gasteiger partial charge is 0.147 e. The molecule has 0 heterocycles. The summed E-state index contributed by atoms with van der Waals surface area (Å²) in [5.41, 5.74) is 0.561. The number of nitriles is 1. The van der Waals surface area contributed by atoms with E-state index in [0.29, 0.717) is 10.0 Å². The summed E-state index contributed by atoms with van der Waals surface area (Å²) >= 11 is 3.22. The predicted octanol–water partition coefficient (Wildman–Crippen LogP) is 4.21. The van der Waals surface area contributed by atoms with Gasteiger partial charge in [-0.15, -0.1) is 0 Å². The minimum atomic E-state index is -0.579. The van der Waals surface area contributed by atoms with Gasteiger partial charge in [-0.3, -0.25) is 0 Å². The molecule has 0 aliphatic rings. The summed E-state index contributed by atoms with van der Waals surface area (Å²) < 4.78 is 27.9. The molecule has 0 aromatic heterocycles. The Bertz CT molecular complexity index is 630. The van der Waals surface area contributed by atoms with Gasteiger partial charge in [-0.2, -0.15) is 5.26 Å². The molecule has 0 fully saturated rings. The largest absolute Gasteiger partial charge is 0.378 e. The van der Waals surface area contributed by atoms with E-state index in [4.69, 9.17) is 5.26 Å². The van der Waals surface area contributed by atoms with Crippen molar-refractivity contribution in [3.8, 4) is 6.07 Å². The summed E-state index contributed by atoms with van der Waals surface area (Å²) in [5.74, 6) is -1.00. The zero-order chi connectivity index (χ0) is 13.8. The molecule has 96 valence electrons. The van der Waals surface area contributed by atoms with Crippen LogP contribution in [-0.4, -0.2) is 0 Å². The summed E-state index contributed by atoms with van der Waals surface area (Å²) in [6.07, 6.45) is 0. The van der Waals surface area contributed by atoms with Crippen molar-refractivity contribution in [1.82, 2.24) is 0 Å². The standard InChI is InChI=1S/C14H9BrF2N2/c15-11-5-2-6-12(16)14(11)19-8-10-4-1-3-9(7-18)13(10)17/h1-6,19H,8H2. The summed E-state index contributed by atoms with van der Waals surface area (Å²) in [6.45, 7) is 0.0981. The van der Waals surface area contributed by atoms with Gasteiger partial charge >= 0.3 is 0 Å². The van der Waals surface area contributed by atoms with Crippen molar-refractivity contribution in [2.45, 2.75) is 6.54 Å². The van der Waals surface area contributed by atoms with Crippen molar-refractivity contribution in [3.63, 3.8) is 0 Å². The lowest BCUT2D eigenvalue weighted by Crippen LogP contribution is -2.05. The van der Waals surface area contributed by atoms with Crippen molar-refractivity contribution < 1.29 is 8.78 Å². The molecule has 0 saturated heterocycles. The highest BCUT2D eigenvalue weighted by molar-refractivity contribution is 9.10. The first-order chi connectivity index (χ1) is 9.13. The van der Waals surface area contributed by atoms with Gasteiger partial charge in [0, 0.05) is 16.6 Å². The van der Waals surface area contributed by atoms with Crippen molar-refractivity contribution in [2.24, 2.45) is 0 Å². The van der Waals surface area contributed by atoms with Crippen LogP contribution in [0.1, 0.15) is 11.1 Å². The molecule has 0 bridgehead atoms. The molecule has 0 aliphatic carbocycles. The zero-order valence-electron chi connectivity index (χ0n) is 9.75. The van der Waals surface area contributed by atoms with E-state index in [-0.39, 0.29) is 17.8 Å². The molecule has 0 amide bonds. The van der Waals surface area contributed by atoms with Crippen LogP contribution in [0.15, 0.2) is 40.9 Å².